The molecule has 3 N–H and O–H groups in total. The van der Waals surface area contributed by atoms with Crippen molar-refractivity contribution in [2.75, 3.05) is 6.54 Å². The zero-order valence-electron chi connectivity index (χ0n) is 9.98. The number of hydrogen-bond donors (Lipinski definition) is 2. The van der Waals surface area contributed by atoms with Crippen molar-refractivity contribution in [1.82, 2.24) is 0 Å². The van der Waals surface area contributed by atoms with E-state index in [1.807, 2.05) is 12.1 Å². The van der Waals surface area contributed by atoms with Crippen molar-refractivity contribution in [1.29, 1.82) is 0 Å². The van der Waals surface area contributed by atoms with E-state index >= 15 is 0 Å². The lowest BCUT2D eigenvalue weighted by Gasteiger charge is -2.09. The first-order valence-electron chi connectivity index (χ1n) is 5.79. The van der Waals surface area contributed by atoms with Crippen molar-refractivity contribution in [3.05, 3.63) is 53.6 Å². The molecule has 0 spiro atoms. The van der Waals surface area contributed by atoms with E-state index in [0.29, 0.717) is 12.3 Å². The van der Waals surface area contributed by atoms with Gasteiger partial charge in [-0.05, 0) is 54.3 Å². The maximum Gasteiger partial charge on any atom is 0.115 e. The van der Waals surface area contributed by atoms with Crippen molar-refractivity contribution in [3.8, 4) is 16.9 Å². The van der Waals surface area contributed by atoms with Gasteiger partial charge in [0.25, 0.3) is 0 Å². The molecule has 0 heterocycles. The molecule has 2 nitrogen and oxygen atoms in total. The minimum absolute atomic E-state index is 0.296. The third kappa shape index (κ3) is 2.66. The fourth-order valence-electron chi connectivity index (χ4n) is 1.94. The van der Waals surface area contributed by atoms with E-state index in [9.17, 15) is 5.11 Å². The maximum atomic E-state index is 9.30. The van der Waals surface area contributed by atoms with Crippen LogP contribution in [0.4, 0.5) is 0 Å². The highest BCUT2D eigenvalue weighted by molar-refractivity contribution is 5.68. The first kappa shape index (κ1) is 11.7. The molecule has 2 rings (SSSR count). The highest BCUT2D eigenvalue weighted by Gasteiger charge is 2.03. The van der Waals surface area contributed by atoms with Crippen LogP contribution in [0.1, 0.15) is 11.1 Å². The van der Waals surface area contributed by atoms with E-state index in [-0.39, 0.29) is 0 Å². The zero-order chi connectivity index (χ0) is 12.3. The molecule has 17 heavy (non-hydrogen) atoms. The summed E-state index contributed by atoms with van der Waals surface area (Å²) in [5, 5.41) is 9.30. The number of hydrogen-bond acceptors (Lipinski definition) is 2. The Morgan fingerprint density at radius 1 is 1.06 bits per heavy atom. The Bertz CT molecular complexity index is 503. The van der Waals surface area contributed by atoms with Crippen LogP contribution in [0.15, 0.2) is 42.5 Å². The van der Waals surface area contributed by atoms with Gasteiger partial charge >= 0.3 is 0 Å². The van der Waals surface area contributed by atoms with Crippen LogP contribution >= 0.6 is 0 Å². The molecule has 0 bridgehead atoms. The molecule has 2 heteroatoms. The second-order valence-electron chi connectivity index (χ2n) is 4.23. The van der Waals surface area contributed by atoms with Gasteiger partial charge in [0.05, 0.1) is 0 Å². The van der Waals surface area contributed by atoms with Gasteiger partial charge in [-0.2, -0.15) is 0 Å². The quantitative estimate of drug-likeness (QED) is 0.847. The predicted octanol–water partition coefficient (Wildman–Crippen LogP) is 2.87. The third-order valence-corrected chi connectivity index (χ3v) is 2.91. The van der Waals surface area contributed by atoms with E-state index in [0.717, 1.165) is 12.0 Å². The lowest BCUT2D eigenvalue weighted by Crippen LogP contribution is -2.02. The molecule has 0 aliphatic rings. The summed E-state index contributed by atoms with van der Waals surface area (Å²) in [6.45, 7) is 2.76. The van der Waals surface area contributed by atoms with E-state index in [1.54, 1.807) is 12.1 Å². The van der Waals surface area contributed by atoms with Crippen LogP contribution in [0.3, 0.4) is 0 Å². The van der Waals surface area contributed by atoms with Gasteiger partial charge in [0.15, 0.2) is 0 Å². The third-order valence-electron chi connectivity index (χ3n) is 2.91. The van der Waals surface area contributed by atoms with Gasteiger partial charge in [0.2, 0.25) is 0 Å². The second-order valence-corrected chi connectivity index (χ2v) is 4.23. The minimum Gasteiger partial charge on any atom is -0.508 e. The van der Waals surface area contributed by atoms with Crippen molar-refractivity contribution < 1.29 is 5.11 Å². The zero-order valence-corrected chi connectivity index (χ0v) is 9.98. The lowest BCUT2D eigenvalue weighted by atomic mass is 9.97. The summed E-state index contributed by atoms with van der Waals surface area (Å²) in [5.74, 6) is 0.296. The molecule has 0 fully saturated rings. The molecule has 0 saturated heterocycles. The molecule has 0 radical (unpaired) electrons. The molecule has 2 aromatic carbocycles. The van der Waals surface area contributed by atoms with E-state index in [1.165, 1.54) is 16.7 Å². The molecule has 0 saturated carbocycles. The Hall–Kier alpha value is -1.80. The number of aryl methyl sites for hydroxylation is 1. The van der Waals surface area contributed by atoms with Gasteiger partial charge in [0, 0.05) is 0 Å². The molecular weight excluding hydrogens is 210 g/mol. The second kappa shape index (κ2) is 5.02. The van der Waals surface area contributed by atoms with E-state index in [2.05, 4.69) is 25.1 Å². The molecule has 0 unspecified atom stereocenters. The Morgan fingerprint density at radius 3 is 2.41 bits per heavy atom. The van der Waals surface area contributed by atoms with Gasteiger partial charge in [-0.1, -0.05) is 30.3 Å². The number of benzene rings is 2. The number of nitrogens with two attached hydrogens (primary N) is 1. The van der Waals surface area contributed by atoms with Crippen LogP contribution in [0, 0.1) is 6.92 Å². The highest BCUT2D eigenvalue weighted by atomic mass is 16.3. The van der Waals surface area contributed by atoms with E-state index < -0.39 is 0 Å². The topological polar surface area (TPSA) is 46.2 Å². The Kier molecular flexibility index (Phi) is 3.45. The van der Waals surface area contributed by atoms with Gasteiger partial charge in [-0.15, -0.1) is 0 Å². The molecule has 88 valence electrons. The first-order valence-corrected chi connectivity index (χ1v) is 5.79. The van der Waals surface area contributed by atoms with Crippen LogP contribution in [0.5, 0.6) is 5.75 Å². The SMILES string of the molecule is Cc1ccc(CCN)cc1-c1ccc(O)cc1. The number of phenols is 1. The largest absolute Gasteiger partial charge is 0.508 e. The molecule has 0 aliphatic carbocycles. The standard InChI is InChI=1S/C15H17NO/c1-11-2-3-12(8-9-16)10-15(11)13-4-6-14(17)7-5-13/h2-7,10,17H,8-9,16H2,1H3. The minimum atomic E-state index is 0.296. The van der Waals surface area contributed by atoms with Gasteiger partial charge in [-0.25, -0.2) is 0 Å². The van der Waals surface area contributed by atoms with Crippen LogP contribution in [0.2, 0.25) is 0 Å². The molecule has 0 atom stereocenters. The Labute approximate surface area is 102 Å². The molecule has 0 amide bonds. The maximum absolute atomic E-state index is 9.30. The average Bonchev–Trinajstić information content (AvgIpc) is 2.33. The lowest BCUT2D eigenvalue weighted by molar-refractivity contribution is 0.475. The summed E-state index contributed by atoms with van der Waals surface area (Å²) in [7, 11) is 0. The summed E-state index contributed by atoms with van der Waals surface area (Å²) in [5.41, 5.74) is 10.4. The van der Waals surface area contributed by atoms with Crippen molar-refractivity contribution in [3.63, 3.8) is 0 Å². The normalized spacial score (nSPS) is 10.5. The average molecular weight is 227 g/mol. The fourth-order valence-corrected chi connectivity index (χ4v) is 1.94. The van der Waals surface area contributed by atoms with Crippen LogP contribution < -0.4 is 5.73 Å². The summed E-state index contributed by atoms with van der Waals surface area (Å²) >= 11 is 0. The fraction of sp³-hybridized carbons (Fsp3) is 0.200. The monoisotopic (exact) mass is 227 g/mol. The van der Waals surface area contributed by atoms with Gasteiger partial charge in [0.1, 0.15) is 5.75 Å². The summed E-state index contributed by atoms with van der Waals surface area (Å²) < 4.78 is 0. The summed E-state index contributed by atoms with van der Waals surface area (Å²) in [6.07, 6.45) is 0.894. The summed E-state index contributed by atoms with van der Waals surface area (Å²) in [6, 6.07) is 13.7. The molecular formula is C15H17NO. The van der Waals surface area contributed by atoms with Gasteiger partial charge < -0.3 is 10.8 Å². The molecule has 0 aliphatic heterocycles. The highest BCUT2D eigenvalue weighted by Crippen LogP contribution is 2.26. The molecule has 2 aromatic rings. The van der Waals surface area contributed by atoms with Crippen molar-refractivity contribution in [2.45, 2.75) is 13.3 Å². The van der Waals surface area contributed by atoms with Crippen LogP contribution in [-0.2, 0) is 6.42 Å². The number of aromatic hydroxyl groups is 1. The number of phenolic OH excluding ortho intramolecular Hbond substituents is 1. The number of rotatable bonds is 3. The van der Waals surface area contributed by atoms with Crippen molar-refractivity contribution >= 4 is 0 Å². The summed E-state index contributed by atoms with van der Waals surface area (Å²) in [4.78, 5) is 0. The Balaban J connectivity index is 2.42. The smallest absolute Gasteiger partial charge is 0.115 e. The van der Waals surface area contributed by atoms with Crippen molar-refractivity contribution in [2.24, 2.45) is 5.73 Å². The molecule has 0 aromatic heterocycles. The van der Waals surface area contributed by atoms with Gasteiger partial charge in [-0.3, -0.25) is 0 Å². The predicted molar refractivity (Wildman–Crippen MR) is 71.0 cm³/mol. The van der Waals surface area contributed by atoms with Crippen LogP contribution in [0.25, 0.3) is 11.1 Å². The first-order chi connectivity index (χ1) is 8.20. The Morgan fingerprint density at radius 2 is 1.76 bits per heavy atom. The van der Waals surface area contributed by atoms with E-state index in [4.69, 9.17) is 5.73 Å². The van der Waals surface area contributed by atoms with Crippen LogP contribution in [-0.4, -0.2) is 11.7 Å².